The number of methoxy groups -OCH3 is 1. The molecule has 5 N–H and O–H groups in total. The number of fused-ring (bicyclic) bond motifs is 3. The lowest BCUT2D eigenvalue weighted by molar-refractivity contribution is -0.149. The van der Waals surface area contributed by atoms with Gasteiger partial charge in [0.05, 0.1) is 23.6 Å². The van der Waals surface area contributed by atoms with Crippen LogP contribution in [0.2, 0.25) is 0 Å². The lowest BCUT2D eigenvalue weighted by Gasteiger charge is -2.32. The van der Waals surface area contributed by atoms with Gasteiger partial charge in [0, 0.05) is 28.4 Å². The Morgan fingerprint density at radius 2 is 2.27 bits per heavy atom. The topological polar surface area (TPSA) is 134 Å². The Morgan fingerprint density at radius 1 is 1.47 bits per heavy atom. The molecule has 8 nitrogen and oxygen atoms in total. The first-order valence-corrected chi connectivity index (χ1v) is 10.5. The van der Waals surface area contributed by atoms with Gasteiger partial charge >= 0.3 is 5.97 Å². The molecule has 0 spiro atoms. The number of aryl methyl sites for hydroxylation is 1. The fourth-order valence-corrected chi connectivity index (χ4v) is 5.40. The Bertz CT molecular complexity index is 1160. The number of nitrogens with one attached hydrogen (secondary N) is 2. The molecule has 156 valence electrons. The van der Waals surface area contributed by atoms with Crippen LogP contribution in [-0.2, 0) is 17.6 Å². The molecule has 30 heavy (non-hydrogen) atoms. The van der Waals surface area contributed by atoms with Crippen molar-refractivity contribution in [2.75, 3.05) is 18.2 Å². The predicted octanol–water partition coefficient (Wildman–Crippen LogP) is 3.99. The molecule has 0 bridgehead atoms. The lowest BCUT2D eigenvalue weighted by atomic mass is 9.72. The summed E-state index contributed by atoms with van der Waals surface area (Å²) in [5.74, 6) is 0.448. The number of anilines is 3. The molecule has 1 aliphatic carbocycles. The third-order valence-corrected chi connectivity index (χ3v) is 7.11. The molecule has 3 aromatic rings. The number of benzene rings is 1. The van der Waals surface area contributed by atoms with Crippen LogP contribution in [0.4, 0.5) is 17.2 Å². The first kappa shape index (κ1) is 20.1. The average Bonchev–Trinajstić information content (AvgIpc) is 3.12. The van der Waals surface area contributed by atoms with Crippen LogP contribution in [0.1, 0.15) is 35.8 Å². The van der Waals surface area contributed by atoms with Crippen LogP contribution in [0.3, 0.4) is 0 Å². The van der Waals surface area contributed by atoms with E-state index in [1.165, 1.54) is 23.9 Å². The number of aliphatic carboxylic acids is 1. The largest absolute Gasteiger partial charge is 0.494 e. The van der Waals surface area contributed by atoms with Crippen LogP contribution in [-0.4, -0.2) is 34.4 Å². The smallest absolute Gasteiger partial charge is 0.309 e. The van der Waals surface area contributed by atoms with Gasteiger partial charge in [0.15, 0.2) is 0 Å². The zero-order valence-electron chi connectivity index (χ0n) is 16.8. The second-order valence-corrected chi connectivity index (χ2v) is 8.56. The fourth-order valence-electron chi connectivity index (χ4n) is 4.07. The molecule has 1 atom stereocenters. The van der Waals surface area contributed by atoms with Gasteiger partial charge in [-0.3, -0.25) is 4.79 Å². The van der Waals surface area contributed by atoms with Crippen molar-refractivity contribution in [2.24, 2.45) is 5.41 Å². The van der Waals surface area contributed by atoms with Crippen molar-refractivity contribution < 1.29 is 14.6 Å². The molecule has 0 amide bonds. The second kappa shape index (κ2) is 7.56. The van der Waals surface area contributed by atoms with Crippen molar-refractivity contribution in [3.63, 3.8) is 0 Å². The third kappa shape index (κ3) is 3.15. The second-order valence-electron chi connectivity index (χ2n) is 7.47. The fraction of sp³-hybridized carbons (Fsp3) is 0.333. The first-order chi connectivity index (χ1) is 14.4. The zero-order valence-corrected chi connectivity index (χ0v) is 17.6. The van der Waals surface area contributed by atoms with E-state index in [1.54, 1.807) is 19.2 Å². The van der Waals surface area contributed by atoms with Crippen molar-refractivity contribution in [1.29, 1.82) is 5.41 Å². The number of rotatable bonds is 6. The molecule has 9 heteroatoms. The van der Waals surface area contributed by atoms with Gasteiger partial charge in [-0.05, 0) is 37.3 Å². The van der Waals surface area contributed by atoms with Crippen molar-refractivity contribution in [1.82, 2.24) is 9.97 Å². The number of thiophene rings is 1. The number of hydrogen-bond donors (Lipinski definition) is 4. The maximum Gasteiger partial charge on any atom is 0.309 e. The van der Waals surface area contributed by atoms with Crippen molar-refractivity contribution >= 4 is 50.9 Å². The lowest BCUT2D eigenvalue weighted by Crippen LogP contribution is -2.35. The minimum absolute atomic E-state index is 0.456. The summed E-state index contributed by atoms with van der Waals surface area (Å²) >= 11 is 1.54. The van der Waals surface area contributed by atoms with E-state index in [4.69, 9.17) is 15.9 Å². The Kier molecular flexibility index (Phi) is 5.07. The third-order valence-electron chi connectivity index (χ3n) is 5.97. The van der Waals surface area contributed by atoms with E-state index in [2.05, 4.69) is 15.3 Å². The highest BCUT2D eigenvalue weighted by Crippen LogP contribution is 2.46. The molecule has 1 unspecified atom stereocenters. The van der Waals surface area contributed by atoms with E-state index in [0.29, 0.717) is 54.2 Å². The molecule has 2 aromatic heterocycles. The molecule has 0 saturated carbocycles. The minimum atomic E-state index is -0.733. The number of hydrogen-bond acceptors (Lipinski definition) is 8. The molecule has 2 heterocycles. The molecule has 0 fully saturated rings. The number of aromatic nitrogens is 2. The van der Waals surface area contributed by atoms with Gasteiger partial charge in [0.2, 0.25) is 0 Å². The normalized spacial score (nSPS) is 18.1. The monoisotopic (exact) mass is 425 g/mol. The predicted molar refractivity (Wildman–Crippen MR) is 118 cm³/mol. The average molecular weight is 426 g/mol. The molecular weight excluding hydrogens is 402 g/mol. The van der Waals surface area contributed by atoms with Gasteiger partial charge in [0.25, 0.3) is 0 Å². The highest BCUT2D eigenvalue weighted by molar-refractivity contribution is 7.19. The van der Waals surface area contributed by atoms with E-state index in [-0.39, 0.29) is 0 Å². The Balaban J connectivity index is 1.80. The molecule has 0 saturated heterocycles. The number of carboxylic acids is 1. The minimum Gasteiger partial charge on any atom is -0.494 e. The van der Waals surface area contributed by atoms with Crippen LogP contribution in [0.5, 0.6) is 5.75 Å². The SMILES string of the molecule is CCC1(C(=O)O)CCc2c(sc3ncnc(Nc4cc(C=N)c(N)cc4OC)c23)C1. The van der Waals surface area contributed by atoms with Crippen LogP contribution >= 0.6 is 11.3 Å². The Morgan fingerprint density at radius 3 is 2.93 bits per heavy atom. The number of nitrogen functional groups attached to an aromatic ring is 1. The number of carbonyl (C=O) groups is 1. The van der Waals surface area contributed by atoms with Crippen LogP contribution < -0.4 is 15.8 Å². The summed E-state index contributed by atoms with van der Waals surface area (Å²) in [7, 11) is 1.56. The van der Waals surface area contributed by atoms with Crippen LogP contribution in [0.25, 0.3) is 10.2 Å². The summed E-state index contributed by atoms with van der Waals surface area (Å²) in [6, 6.07) is 3.42. The van der Waals surface area contributed by atoms with Gasteiger partial charge in [-0.25, -0.2) is 9.97 Å². The van der Waals surface area contributed by atoms with Gasteiger partial charge in [-0.1, -0.05) is 6.92 Å². The van der Waals surface area contributed by atoms with Gasteiger partial charge in [-0.15, -0.1) is 11.3 Å². The number of nitrogens with zero attached hydrogens (tertiary/aromatic N) is 2. The molecule has 0 aliphatic heterocycles. The standard InChI is InChI=1S/C21H23N5O3S/c1-3-21(20(27)28)5-4-12-16(8-21)30-19-17(12)18(24-10-25-19)26-14-6-11(9-22)13(23)7-15(14)29-2/h6-7,9-10,22H,3-5,8,23H2,1-2H3,(H,27,28)(H,24,25,26). The summed E-state index contributed by atoms with van der Waals surface area (Å²) in [5.41, 5.74) is 8.05. The summed E-state index contributed by atoms with van der Waals surface area (Å²) in [6.45, 7) is 1.94. The number of nitrogens with two attached hydrogens (primary N) is 1. The van der Waals surface area contributed by atoms with E-state index in [9.17, 15) is 9.90 Å². The maximum atomic E-state index is 11.9. The summed E-state index contributed by atoms with van der Waals surface area (Å²) in [5, 5.41) is 21.6. The quantitative estimate of drug-likeness (QED) is 0.346. The Labute approximate surface area is 177 Å². The number of carboxylic acid groups (broad SMARTS) is 1. The van der Waals surface area contributed by atoms with E-state index in [0.717, 1.165) is 20.7 Å². The summed E-state index contributed by atoms with van der Waals surface area (Å²) < 4.78 is 5.45. The van der Waals surface area contributed by atoms with E-state index >= 15 is 0 Å². The summed E-state index contributed by atoms with van der Waals surface area (Å²) in [4.78, 5) is 22.7. The molecular formula is C21H23N5O3S. The van der Waals surface area contributed by atoms with Crippen molar-refractivity contribution in [3.8, 4) is 5.75 Å². The molecule has 1 aromatic carbocycles. The Hall–Kier alpha value is -3.20. The number of ether oxygens (including phenoxy) is 1. The zero-order chi connectivity index (χ0) is 21.5. The maximum absolute atomic E-state index is 11.9. The van der Waals surface area contributed by atoms with Crippen molar-refractivity contribution in [2.45, 2.75) is 32.6 Å². The van der Waals surface area contributed by atoms with Crippen LogP contribution in [0.15, 0.2) is 18.5 Å². The van der Waals surface area contributed by atoms with Gasteiger partial charge in [-0.2, -0.15) is 0 Å². The van der Waals surface area contributed by atoms with E-state index < -0.39 is 11.4 Å². The highest BCUT2D eigenvalue weighted by atomic mass is 32.1. The van der Waals surface area contributed by atoms with E-state index in [1.807, 2.05) is 6.92 Å². The first-order valence-electron chi connectivity index (χ1n) is 9.66. The van der Waals surface area contributed by atoms with Crippen LogP contribution in [0, 0.1) is 10.8 Å². The van der Waals surface area contributed by atoms with Crippen molar-refractivity contribution in [3.05, 3.63) is 34.5 Å². The van der Waals surface area contributed by atoms with Gasteiger partial charge in [0.1, 0.15) is 22.7 Å². The highest BCUT2D eigenvalue weighted by Gasteiger charge is 2.41. The molecule has 4 rings (SSSR count). The van der Waals surface area contributed by atoms with Gasteiger partial charge < -0.3 is 26.3 Å². The summed E-state index contributed by atoms with van der Waals surface area (Å²) in [6.07, 6.45) is 5.06. The molecule has 1 aliphatic rings. The molecule has 0 radical (unpaired) electrons.